The summed E-state index contributed by atoms with van der Waals surface area (Å²) in [4.78, 5) is 26.9. The van der Waals surface area contributed by atoms with Crippen LogP contribution >= 0.6 is 0 Å². The molecule has 1 fully saturated rings. The summed E-state index contributed by atoms with van der Waals surface area (Å²) >= 11 is 0. The molecule has 0 radical (unpaired) electrons. The molecule has 1 unspecified atom stereocenters. The van der Waals surface area contributed by atoms with Crippen LogP contribution in [0.15, 0.2) is 36.4 Å². The van der Waals surface area contributed by atoms with Gasteiger partial charge in [0.05, 0.1) is 5.92 Å². The third kappa shape index (κ3) is 3.09. The molecule has 2 aromatic rings. The summed E-state index contributed by atoms with van der Waals surface area (Å²) in [6.45, 7) is 1.39. The van der Waals surface area contributed by atoms with Crippen molar-refractivity contribution in [2.24, 2.45) is 5.92 Å². The minimum Gasteiger partial charge on any atom is -0.486 e. The van der Waals surface area contributed by atoms with Gasteiger partial charge in [-0.1, -0.05) is 6.07 Å². The molecule has 28 heavy (non-hydrogen) atoms. The van der Waals surface area contributed by atoms with Gasteiger partial charge in [0, 0.05) is 30.4 Å². The number of ether oxygens (including phenoxy) is 2. The first kappa shape index (κ1) is 17.1. The van der Waals surface area contributed by atoms with E-state index in [1.807, 2.05) is 24.3 Å². The average molecular weight is 378 g/mol. The Labute approximate surface area is 163 Å². The van der Waals surface area contributed by atoms with Gasteiger partial charge in [-0.05, 0) is 54.7 Å². The predicted octanol–water partition coefficient (Wildman–Crippen LogP) is 2.94. The van der Waals surface area contributed by atoms with Gasteiger partial charge in [-0.25, -0.2) is 0 Å². The number of hydrogen-bond acceptors (Lipinski definition) is 4. The van der Waals surface area contributed by atoms with Crippen LogP contribution in [0.25, 0.3) is 0 Å². The highest BCUT2D eigenvalue weighted by Crippen LogP contribution is 2.36. The smallest absolute Gasteiger partial charge is 0.229 e. The minimum atomic E-state index is -0.367. The van der Waals surface area contributed by atoms with E-state index in [0.717, 1.165) is 24.2 Å². The Bertz CT molecular complexity index is 956. The zero-order chi connectivity index (χ0) is 19.1. The predicted molar refractivity (Wildman–Crippen MR) is 105 cm³/mol. The van der Waals surface area contributed by atoms with Gasteiger partial charge in [0.25, 0.3) is 0 Å². The van der Waals surface area contributed by atoms with Crippen molar-refractivity contribution in [2.75, 3.05) is 30.0 Å². The van der Waals surface area contributed by atoms with E-state index in [2.05, 4.69) is 17.4 Å². The lowest BCUT2D eigenvalue weighted by Crippen LogP contribution is -2.28. The van der Waals surface area contributed by atoms with Crippen molar-refractivity contribution in [2.45, 2.75) is 25.7 Å². The Morgan fingerprint density at radius 1 is 1.00 bits per heavy atom. The van der Waals surface area contributed by atoms with Gasteiger partial charge in [0.2, 0.25) is 11.8 Å². The van der Waals surface area contributed by atoms with E-state index in [4.69, 9.17) is 9.47 Å². The molecule has 2 aromatic carbocycles. The third-order valence-corrected chi connectivity index (χ3v) is 5.70. The Kier molecular flexibility index (Phi) is 4.19. The lowest BCUT2D eigenvalue weighted by molar-refractivity contribution is -0.122. The molecule has 2 heterocycles. The van der Waals surface area contributed by atoms with E-state index in [1.165, 1.54) is 17.5 Å². The van der Waals surface area contributed by atoms with E-state index < -0.39 is 0 Å². The molecule has 6 heteroatoms. The van der Waals surface area contributed by atoms with Gasteiger partial charge in [-0.3, -0.25) is 9.59 Å². The molecule has 0 saturated carbocycles. The van der Waals surface area contributed by atoms with E-state index in [-0.39, 0.29) is 24.2 Å². The standard InChI is InChI=1S/C22H22N2O4/c25-21-11-16(22(26)23-17-5-4-14-2-1-3-15(14)10-17)13-24(21)18-6-7-19-20(12-18)28-9-8-27-19/h4-7,10,12,16H,1-3,8-9,11,13H2,(H,23,26). The molecule has 1 saturated heterocycles. The zero-order valence-corrected chi connectivity index (χ0v) is 15.6. The largest absolute Gasteiger partial charge is 0.486 e. The van der Waals surface area contributed by atoms with Gasteiger partial charge in [0.15, 0.2) is 11.5 Å². The molecule has 0 aromatic heterocycles. The van der Waals surface area contributed by atoms with Crippen LogP contribution in [0.4, 0.5) is 11.4 Å². The number of fused-ring (bicyclic) bond motifs is 2. The Balaban J connectivity index is 1.29. The first-order chi connectivity index (χ1) is 13.7. The molecular formula is C22H22N2O4. The second-order valence-electron chi connectivity index (χ2n) is 7.56. The first-order valence-electron chi connectivity index (χ1n) is 9.80. The summed E-state index contributed by atoms with van der Waals surface area (Å²) in [5, 5.41) is 2.99. The van der Waals surface area contributed by atoms with E-state index in [9.17, 15) is 9.59 Å². The zero-order valence-electron chi connectivity index (χ0n) is 15.6. The maximum Gasteiger partial charge on any atom is 0.229 e. The van der Waals surface area contributed by atoms with Crippen molar-refractivity contribution < 1.29 is 19.1 Å². The summed E-state index contributed by atoms with van der Waals surface area (Å²) in [7, 11) is 0. The fourth-order valence-electron chi connectivity index (χ4n) is 4.23. The molecule has 3 aliphatic rings. The molecule has 0 bridgehead atoms. The van der Waals surface area contributed by atoms with Crippen molar-refractivity contribution in [3.05, 3.63) is 47.5 Å². The lowest BCUT2D eigenvalue weighted by atomic mass is 10.1. The topological polar surface area (TPSA) is 67.9 Å². The first-order valence-corrected chi connectivity index (χ1v) is 9.80. The SMILES string of the molecule is O=C(Nc1ccc2c(c1)CCC2)C1CC(=O)N(c2ccc3c(c2)OCCO3)C1. The average Bonchev–Trinajstić information content (AvgIpc) is 3.33. The minimum absolute atomic E-state index is 0.0502. The van der Waals surface area contributed by atoms with Crippen LogP contribution in [0.2, 0.25) is 0 Å². The van der Waals surface area contributed by atoms with Crippen molar-refractivity contribution in [3.63, 3.8) is 0 Å². The monoisotopic (exact) mass is 378 g/mol. The summed E-state index contributed by atoms with van der Waals surface area (Å²) in [5.74, 6) is 0.807. The number of nitrogens with zero attached hydrogens (tertiary/aromatic N) is 1. The van der Waals surface area contributed by atoms with Crippen LogP contribution in [0.5, 0.6) is 11.5 Å². The number of anilines is 2. The van der Waals surface area contributed by atoms with Gasteiger partial charge in [-0.15, -0.1) is 0 Å². The van der Waals surface area contributed by atoms with Gasteiger partial charge < -0.3 is 19.7 Å². The molecule has 1 atom stereocenters. The summed E-state index contributed by atoms with van der Waals surface area (Å²) < 4.78 is 11.1. The number of rotatable bonds is 3. The van der Waals surface area contributed by atoms with Gasteiger partial charge in [-0.2, -0.15) is 0 Å². The van der Waals surface area contributed by atoms with Crippen molar-refractivity contribution in [3.8, 4) is 11.5 Å². The lowest BCUT2D eigenvalue weighted by Gasteiger charge is -2.22. The maximum absolute atomic E-state index is 12.7. The Morgan fingerprint density at radius 3 is 2.71 bits per heavy atom. The van der Waals surface area contributed by atoms with Crippen LogP contribution in [-0.4, -0.2) is 31.6 Å². The molecule has 144 valence electrons. The van der Waals surface area contributed by atoms with Crippen molar-refractivity contribution in [1.29, 1.82) is 0 Å². The second-order valence-corrected chi connectivity index (χ2v) is 7.56. The van der Waals surface area contributed by atoms with Crippen molar-refractivity contribution >= 4 is 23.2 Å². The highest BCUT2D eigenvalue weighted by atomic mass is 16.6. The molecule has 2 amide bonds. The summed E-state index contributed by atoms with van der Waals surface area (Å²) in [6, 6.07) is 11.6. The third-order valence-electron chi connectivity index (χ3n) is 5.70. The summed E-state index contributed by atoms with van der Waals surface area (Å²) in [5.41, 5.74) is 4.25. The molecule has 5 rings (SSSR count). The number of benzene rings is 2. The number of carbonyl (C=O) groups is 2. The molecule has 2 aliphatic heterocycles. The number of amides is 2. The Hall–Kier alpha value is -3.02. The Morgan fingerprint density at radius 2 is 1.82 bits per heavy atom. The molecule has 1 N–H and O–H groups in total. The van der Waals surface area contributed by atoms with E-state index in [1.54, 1.807) is 4.90 Å². The van der Waals surface area contributed by atoms with Crippen LogP contribution in [0.1, 0.15) is 24.0 Å². The second kappa shape index (κ2) is 6.86. The van der Waals surface area contributed by atoms with Gasteiger partial charge >= 0.3 is 0 Å². The van der Waals surface area contributed by atoms with Gasteiger partial charge in [0.1, 0.15) is 13.2 Å². The molecule has 6 nitrogen and oxygen atoms in total. The van der Waals surface area contributed by atoms with Crippen LogP contribution in [-0.2, 0) is 22.4 Å². The number of carbonyl (C=O) groups excluding carboxylic acids is 2. The number of hydrogen-bond donors (Lipinski definition) is 1. The van der Waals surface area contributed by atoms with E-state index in [0.29, 0.717) is 31.3 Å². The quantitative estimate of drug-likeness (QED) is 0.892. The molecule has 1 aliphatic carbocycles. The normalized spacial score (nSPS) is 20.2. The highest BCUT2D eigenvalue weighted by molar-refractivity contribution is 6.03. The number of nitrogens with one attached hydrogen (secondary N) is 1. The maximum atomic E-state index is 12.7. The fourth-order valence-corrected chi connectivity index (χ4v) is 4.23. The summed E-state index contributed by atoms with van der Waals surface area (Å²) in [6.07, 6.45) is 3.57. The number of aryl methyl sites for hydroxylation is 2. The van der Waals surface area contributed by atoms with Crippen LogP contribution in [0.3, 0.4) is 0 Å². The van der Waals surface area contributed by atoms with Crippen LogP contribution in [0, 0.1) is 5.92 Å². The van der Waals surface area contributed by atoms with E-state index >= 15 is 0 Å². The molecular weight excluding hydrogens is 356 g/mol. The van der Waals surface area contributed by atoms with Crippen molar-refractivity contribution in [1.82, 2.24) is 0 Å². The molecule has 0 spiro atoms. The van der Waals surface area contributed by atoms with Crippen LogP contribution < -0.4 is 19.7 Å². The fraction of sp³-hybridized carbons (Fsp3) is 0.364. The highest BCUT2D eigenvalue weighted by Gasteiger charge is 2.35.